The summed E-state index contributed by atoms with van der Waals surface area (Å²) < 4.78 is 11.4. The van der Waals surface area contributed by atoms with Crippen LogP contribution in [0.1, 0.15) is 5.56 Å². The summed E-state index contributed by atoms with van der Waals surface area (Å²) in [5.74, 6) is 0. The van der Waals surface area contributed by atoms with Gasteiger partial charge in [0.15, 0.2) is 0 Å². The molecule has 2 rings (SSSR count). The number of aliphatic hydroxyl groups is 1. The Balaban J connectivity index is 1.89. The van der Waals surface area contributed by atoms with E-state index in [0.29, 0.717) is 17.7 Å². The van der Waals surface area contributed by atoms with E-state index >= 15 is 0 Å². The summed E-state index contributed by atoms with van der Waals surface area (Å²) in [6.07, 6.45) is 0.546. The first kappa shape index (κ1) is 11.6. The molecule has 0 saturated carbocycles. The molecule has 0 aliphatic carbocycles. The van der Waals surface area contributed by atoms with Crippen molar-refractivity contribution in [1.29, 1.82) is 0 Å². The van der Waals surface area contributed by atoms with Gasteiger partial charge in [-0.1, -0.05) is 30.3 Å². The molecule has 86 valence electrons. The van der Waals surface area contributed by atoms with E-state index in [2.05, 4.69) is 15.9 Å². The third-order valence-corrected chi connectivity index (χ3v) is 3.05. The molecule has 3 nitrogen and oxygen atoms in total. The van der Waals surface area contributed by atoms with E-state index in [-0.39, 0.29) is 6.10 Å². The molecular formula is C12H13BrO3. The second-order valence-electron chi connectivity index (χ2n) is 3.62. The van der Waals surface area contributed by atoms with Crippen LogP contribution in [-0.4, -0.2) is 23.9 Å². The minimum atomic E-state index is -0.641. The standard InChI is InChI=1S/C12H13BrO3/c13-10-7-15-8-11(12(10)14)16-6-9-4-2-1-3-5-9/h1-5,7,11-12,14H,6,8H2/t11-,12+/m1/s1. The van der Waals surface area contributed by atoms with Gasteiger partial charge in [0.2, 0.25) is 0 Å². The molecule has 0 amide bonds. The van der Waals surface area contributed by atoms with Crippen molar-refractivity contribution < 1.29 is 14.6 Å². The fraction of sp³-hybridized carbons (Fsp3) is 0.333. The lowest BCUT2D eigenvalue weighted by Crippen LogP contribution is -2.36. The quantitative estimate of drug-likeness (QED) is 0.925. The highest BCUT2D eigenvalue weighted by molar-refractivity contribution is 9.11. The van der Waals surface area contributed by atoms with Crippen LogP contribution in [0.25, 0.3) is 0 Å². The molecule has 0 aromatic heterocycles. The second kappa shape index (κ2) is 5.48. The van der Waals surface area contributed by atoms with Crippen molar-refractivity contribution in [2.45, 2.75) is 18.8 Å². The van der Waals surface area contributed by atoms with Gasteiger partial charge in [-0.3, -0.25) is 0 Å². The van der Waals surface area contributed by atoms with Gasteiger partial charge in [0.05, 0.1) is 17.4 Å². The molecule has 1 aromatic rings. The molecule has 0 saturated heterocycles. The van der Waals surface area contributed by atoms with E-state index in [1.54, 1.807) is 0 Å². The van der Waals surface area contributed by atoms with E-state index in [1.807, 2.05) is 30.3 Å². The van der Waals surface area contributed by atoms with Crippen LogP contribution < -0.4 is 0 Å². The van der Waals surface area contributed by atoms with Crippen molar-refractivity contribution in [2.24, 2.45) is 0 Å². The molecule has 2 atom stereocenters. The lowest BCUT2D eigenvalue weighted by atomic mass is 10.2. The summed E-state index contributed by atoms with van der Waals surface area (Å²) >= 11 is 3.23. The van der Waals surface area contributed by atoms with E-state index in [9.17, 15) is 5.11 Å². The van der Waals surface area contributed by atoms with Gasteiger partial charge < -0.3 is 14.6 Å². The molecule has 0 radical (unpaired) electrons. The van der Waals surface area contributed by atoms with Crippen molar-refractivity contribution >= 4 is 15.9 Å². The van der Waals surface area contributed by atoms with Crippen LogP contribution in [0.15, 0.2) is 41.1 Å². The van der Waals surface area contributed by atoms with Crippen LogP contribution in [0.2, 0.25) is 0 Å². The number of rotatable bonds is 3. The van der Waals surface area contributed by atoms with Crippen LogP contribution in [0.4, 0.5) is 0 Å². The molecule has 1 heterocycles. The molecule has 4 heteroatoms. The monoisotopic (exact) mass is 284 g/mol. The van der Waals surface area contributed by atoms with E-state index in [4.69, 9.17) is 9.47 Å². The summed E-state index contributed by atoms with van der Waals surface area (Å²) in [6.45, 7) is 0.856. The molecule has 0 unspecified atom stereocenters. The minimum absolute atomic E-state index is 0.320. The lowest BCUT2D eigenvalue weighted by molar-refractivity contribution is -0.0688. The van der Waals surface area contributed by atoms with Crippen molar-refractivity contribution in [2.75, 3.05) is 6.61 Å². The SMILES string of the molecule is O[C@H]1C(Br)=COC[C@H]1OCc1ccccc1. The minimum Gasteiger partial charge on any atom is -0.497 e. The van der Waals surface area contributed by atoms with Gasteiger partial charge >= 0.3 is 0 Å². The smallest absolute Gasteiger partial charge is 0.122 e. The molecule has 0 spiro atoms. The van der Waals surface area contributed by atoms with Gasteiger partial charge in [-0.15, -0.1) is 0 Å². The zero-order valence-corrected chi connectivity index (χ0v) is 10.3. The molecule has 1 aromatic carbocycles. The van der Waals surface area contributed by atoms with Crippen LogP contribution in [0, 0.1) is 0 Å². The average molecular weight is 285 g/mol. The highest BCUT2D eigenvalue weighted by Gasteiger charge is 2.26. The number of aliphatic hydroxyl groups excluding tert-OH is 1. The topological polar surface area (TPSA) is 38.7 Å². The highest BCUT2D eigenvalue weighted by atomic mass is 79.9. The average Bonchev–Trinajstić information content (AvgIpc) is 2.32. The van der Waals surface area contributed by atoms with E-state index in [1.165, 1.54) is 6.26 Å². The summed E-state index contributed by atoms with van der Waals surface area (Å²) in [4.78, 5) is 0. The fourth-order valence-electron chi connectivity index (χ4n) is 1.48. The van der Waals surface area contributed by atoms with Gasteiger partial charge in [0, 0.05) is 0 Å². The Bertz CT molecular complexity index is 364. The Morgan fingerprint density at radius 3 is 2.88 bits per heavy atom. The van der Waals surface area contributed by atoms with Crippen LogP contribution in [0.5, 0.6) is 0 Å². The molecule has 0 bridgehead atoms. The molecule has 1 aliphatic rings. The summed E-state index contributed by atoms with van der Waals surface area (Å²) in [5.41, 5.74) is 1.08. The summed E-state index contributed by atoms with van der Waals surface area (Å²) in [7, 11) is 0. The van der Waals surface area contributed by atoms with Crippen molar-refractivity contribution in [3.63, 3.8) is 0 Å². The number of hydrogen-bond acceptors (Lipinski definition) is 3. The Labute approximate surface area is 103 Å². The van der Waals surface area contributed by atoms with Crippen molar-refractivity contribution in [1.82, 2.24) is 0 Å². The van der Waals surface area contributed by atoms with Crippen LogP contribution >= 0.6 is 15.9 Å². The maximum atomic E-state index is 9.80. The zero-order valence-electron chi connectivity index (χ0n) is 8.67. The summed E-state index contributed by atoms with van der Waals surface area (Å²) in [6, 6.07) is 9.86. The zero-order chi connectivity index (χ0) is 11.4. The first-order valence-corrected chi connectivity index (χ1v) is 5.87. The van der Waals surface area contributed by atoms with E-state index < -0.39 is 6.10 Å². The lowest BCUT2D eigenvalue weighted by Gasteiger charge is -2.26. The Morgan fingerprint density at radius 1 is 1.38 bits per heavy atom. The second-order valence-corrected chi connectivity index (χ2v) is 4.53. The normalized spacial score (nSPS) is 24.8. The molecule has 1 N–H and O–H groups in total. The van der Waals surface area contributed by atoms with Gasteiger partial charge in [-0.05, 0) is 21.5 Å². The van der Waals surface area contributed by atoms with Gasteiger partial charge in [0.1, 0.15) is 18.8 Å². The van der Waals surface area contributed by atoms with Gasteiger partial charge in [-0.25, -0.2) is 0 Å². The fourth-order valence-corrected chi connectivity index (χ4v) is 1.90. The largest absolute Gasteiger partial charge is 0.497 e. The van der Waals surface area contributed by atoms with Crippen LogP contribution in [0.3, 0.4) is 0 Å². The Hall–Kier alpha value is -0.840. The summed E-state index contributed by atoms with van der Waals surface area (Å²) in [5, 5.41) is 9.80. The number of halogens is 1. The number of benzene rings is 1. The predicted molar refractivity (Wildman–Crippen MR) is 64.0 cm³/mol. The van der Waals surface area contributed by atoms with Crippen molar-refractivity contribution in [3.8, 4) is 0 Å². The molecule has 0 fully saturated rings. The highest BCUT2D eigenvalue weighted by Crippen LogP contribution is 2.21. The third-order valence-electron chi connectivity index (χ3n) is 2.40. The number of hydrogen-bond donors (Lipinski definition) is 1. The predicted octanol–water partition coefficient (Wildman–Crippen LogP) is 2.20. The Kier molecular flexibility index (Phi) is 3.98. The van der Waals surface area contributed by atoms with Crippen molar-refractivity contribution in [3.05, 3.63) is 46.6 Å². The maximum Gasteiger partial charge on any atom is 0.122 e. The number of ether oxygens (including phenoxy) is 2. The third kappa shape index (κ3) is 2.84. The van der Waals surface area contributed by atoms with Gasteiger partial charge in [-0.2, -0.15) is 0 Å². The first-order valence-electron chi connectivity index (χ1n) is 5.08. The Morgan fingerprint density at radius 2 is 2.12 bits per heavy atom. The molecule has 1 aliphatic heterocycles. The molecular weight excluding hydrogens is 272 g/mol. The van der Waals surface area contributed by atoms with Crippen LogP contribution in [-0.2, 0) is 16.1 Å². The first-order chi connectivity index (χ1) is 7.77. The van der Waals surface area contributed by atoms with Gasteiger partial charge in [0.25, 0.3) is 0 Å². The molecule has 16 heavy (non-hydrogen) atoms. The maximum absolute atomic E-state index is 9.80. The van der Waals surface area contributed by atoms with E-state index in [0.717, 1.165) is 5.56 Å².